The van der Waals surface area contributed by atoms with E-state index >= 15 is 0 Å². The molecule has 35 heavy (non-hydrogen) atoms. The Kier molecular flexibility index (Phi) is 6.66. The molecule has 7 heteroatoms. The summed E-state index contributed by atoms with van der Waals surface area (Å²) in [5, 5.41) is 7.76. The molecule has 5 rings (SSSR count). The summed E-state index contributed by atoms with van der Waals surface area (Å²) >= 11 is 0. The number of rotatable bonds is 7. The molecule has 1 saturated carbocycles. The highest BCUT2D eigenvalue weighted by molar-refractivity contribution is 6.07. The van der Waals surface area contributed by atoms with E-state index in [1.165, 1.54) is 5.56 Å². The normalized spacial score (nSPS) is 17.8. The lowest BCUT2D eigenvalue weighted by atomic mass is 9.91. The van der Waals surface area contributed by atoms with Crippen LogP contribution in [0.3, 0.4) is 0 Å². The monoisotopic (exact) mass is 468 g/mol. The van der Waals surface area contributed by atoms with E-state index in [0.717, 1.165) is 54.5 Å². The first-order valence-corrected chi connectivity index (χ1v) is 12.3. The fourth-order valence-electron chi connectivity index (χ4n) is 4.83. The van der Waals surface area contributed by atoms with Crippen molar-refractivity contribution in [2.24, 2.45) is 0 Å². The van der Waals surface area contributed by atoms with Crippen LogP contribution in [0, 0.1) is 0 Å². The molecule has 0 atom stereocenters. The van der Waals surface area contributed by atoms with Crippen molar-refractivity contribution in [3.05, 3.63) is 84.2 Å². The molecule has 0 bridgehead atoms. The molecule has 180 valence electrons. The van der Waals surface area contributed by atoms with Gasteiger partial charge in [0.05, 0.1) is 5.56 Å². The molecule has 0 spiro atoms. The van der Waals surface area contributed by atoms with E-state index < -0.39 is 0 Å². The fraction of sp³-hybridized carbons (Fsp3) is 0.321. The second-order valence-electron chi connectivity index (χ2n) is 9.47. The second kappa shape index (κ2) is 10.2. The summed E-state index contributed by atoms with van der Waals surface area (Å²) < 4.78 is 2.17. The van der Waals surface area contributed by atoms with Gasteiger partial charge in [0.2, 0.25) is 5.95 Å². The Morgan fingerprint density at radius 2 is 1.69 bits per heavy atom. The van der Waals surface area contributed by atoms with Crippen molar-refractivity contribution in [2.75, 3.05) is 24.3 Å². The van der Waals surface area contributed by atoms with Gasteiger partial charge in [0.15, 0.2) is 0 Å². The minimum Gasteiger partial charge on any atom is -0.363 e. The van der Waals surface area contributed by atoms with Crippen LogP contribution in [0.2, 0.25) is 0 Å². The summed E-state index contributed by atoms with van der Waals surface area (Å²) in [5.41, 5.74) is 3.03. The first-order valence-electron chi connectivity index (χ1n) is 12.3. The van der Waals surface area contributed by atoms with Crippen molar-refractivity contribution in [3.8, 4) is 0 Å². The Labute approximate surface area is 206 Å². The minimum atomic E-state index is 0.00596. The van der Waals surface area contributed by atoms with Gasteiger partial charge >= 0.3 is 0 Å². The number of hydrogen-bond donors (Lipinski definition) is 2. The van der Waals surface area contributed by atoms with Crippen molar-refractivity contribution in [2.45, 2.75) is 44.3 Å². The third-order valence-corrected chi connectivity index (χ3v) is 6.72. The van der Waals surface area contributed by atoms with Gasteiger partial charge in [-0.25, -0.2) is 4.98 Å². The van der Waals surface area contributed by atoms with Crippen molar-refractivity contribution in [1.29, 1.82) is 0 Å². The van der Waals surface area contributed by atoms with Crippen LogP contribution in [0.1, 0.15) is 41.6 Å². The number of nitrogens with zero attached hydrogens (tertiary/aromatic N) is 4. The number of hydrogen-bond acceptors (Lipinski definition) is 5. The molecular formula is C28H32N6O. The Balaban J connectivity index is 1.22. The number of carbonyl (C=O) groups is 1. The van der Waals surface area contributed by atoms with Gasteiger partial charge in [0, 0.05) is 56.0 Å². The van der Waals surface area contributed by atoms with Crippen molar-refractivity contribution in [1.82, 2.24) is 19.9 Å². The molecule has 0 radical (unpaired) electrons. The zero-order valence-corrected chi connectivity index (χ0v) is 20.3. The van der Waals surface area contributed by atoms with E-state index in [9.17, 15) is 4.79 Å². The molecule has 1 aliphatic carbocycles. The summed E-state index contributed by atoms with van der Waals surface area (Å²) in [6.45, 7) is 0.739. The van der Waals surface area contributed by atoms with Crippen LogP contribution in [0.25, 0.3) is 10.9 Å². The van der Waals surface area contributed by atoms with Gasteiger partial charge in [-0.05, 0) is 43.4 Å². The molecule has 2 aromatic carbocycles. The summed E-state index contributed by atoms with van der Waals surface area (Å²) in [7, 11) is 3.94. The van der Waals surface area contributed by atoms with Gasteiger partial charge < -0.3 is 20.1 Å². The van der Waals surface area contributed by atoms with Crippen molar-refractivity contribution < 1.29 is 4.79 Å². The Hall–Kier alpha value is -3.87. The van der Waals surface area contributed by atoms with Gasteiger partial charge in [0.1, 0.15) is 5.82 Å². The van der Waals surface area contributed by atoms with Gasteiger partial charge in [-0.1, -0.05) is 48.5 Å². The fourth-order valence-corrected chi connectivity index (χ4v) is 4.83. The Bertz CT molecular complexity index is 1290. The average Bonchev–Trinajstić information content (AvgIpc) is 3.24. The Morgan fingerprint density at radius 1 is 0.971 bits per heavy atom. The minimum absolute atomic E-state index is 0.00596. The van der Waals surface area contributed by atoms with Crippen LogP contribution in [0.5, 0.6) is 0 Å². The topological polar surface area (TPSA) is 75.1 Å². The van der Waals surface area contributed by atoms with Crippen LogP contribution in [0.4, 0.5) is 11.8 Å². The molecule has 2 heterocycles. The number of amides is 1. The number of anilines is 2. The molecule has 4 aromatic rings. The van der Waals surface area contributed by atoms with Gasteiger partial charge in [0.25, 0.3) is 5.91 Å². The van der Waals surface area contributed by atoms with Crippen LogP contribution >= 0.6 is 0 Å². The van der Waals surface area contributed by atoms with Crippen LogP contribution in [-0.2, 0) is 6.54 Å². The highest BCUT2D eigenvalue weighted by Crippen LogP contribution is 2.25. The molecule has 2 aromatic heterocycles. The van der Waals surface area contributed by atoms with Gasteiger partial charge in [-0.3, -0.25) is 4.79 Å². The Morgan fingerprint density at radius 3 is 2.46 bits per heavy atom. The summed E-state index contributed by atoms with van der Waals surface area (Å²) in [6.07, 6.45) is 7.57. The number of benzene rings is 2. The summed E-state index contributed by atoms with van der Waals surface area (Å²) in [4.78, 5) is 24.2. The van der Waals surface area contributed by atoms with Gasteiger partial charge in [-0.15, -0.1) is 0 Å². The standard InChI is InChI=1S/C28H32N6O/c1-33(2)26-16-17-29-28(32-26)31-22-14-12-21(13-15-22)30-27(35)24-19-34(18-20-8-4-3-5-9-20)25-11-7-6-10-23(24)25/h3-11,16-17,19,21-22H,12-15,18H2,1-2H3,(H,30,35)(H,29,31,32)/t21-,22+. The molecule has 0 aliphatic heterocycles. The molecule has 0 unspecified atom stereocenters. The smallest absolute Gasteiger partial charge is 0.253 e. The molecule has 7 nitrogen and oxygen atoms in total. The SMILES string of the molecule is CN(C)c1ccnc(N[C@H]2CC[C@@H](NC(=O)c3cn(Cc4ccccc4)c4ccccc34)CC2)n1. The molecule has 2 N–H and O–H groups in total. The van der Waals surface area contributed by atoms with E-state index in [0.29, 0.717) is 12.0 Å². The van der Waals surface area contributed by atoms with E-state index in [-0.39, 0.29) is 11.9 Å². The molecule has 1 fully saturated rings. The first-order chi connectivity index (χ1) is 17.1. The maximum absolute atomic E-state index is 13.3. The largest absolute Gasteiger partial charge is 0.363 e. The van der Waals surface area contributed by atoms with E-state index in [4.69, 9.17) is 0 Å². The quantitative estimate of drug-likeness (QED) is 0.411. The van der Waals surface area contributed by atoms with E-state index in [1.807, 2.05) is 67.7 Å². The lowest BCUT2D eigenvalue weighted by Crippen LogP contribution is -2.40. The maximum Gasteiger partial charge on any atom is 0.253 e. The third kappa shape index (κ3) is 5.29. The summed E-state index contributed by atoms with van der Waals surface area (Å²) in [5.74, 6) is 1.55. The summed E-state index contributed by atoms with van der Waals surface area (Å²) in [6, 6.07) is 20.9. The zero-order valence-electron chi connectivity index (χ0n) is 20.3. The molecule has 1 aliphatic rings. The number of para-hydroxylation sites is 1. The third-order valence-electron chi connectivity index (χ3n) is 6.72. The first kappa shape index (κ1) is 22.9. The molecule has 0 saturated heterocycles. The number of fused-ring (bicyclic) bond motifs is 1. The predicted molar refractivity (Wildman–Crippen MR) is 141 cm³/mol. The lowest BCUT2D eigenvalue weighted by Gasteiger charge is -2.29. The maximum atomic E-state index is 13.3. The van der Waals surface area contributed by atoms with E-state index in [1.54, 1.807) is 6.20 Å². The van der Waals surface area contributed by atoms with E-state index in [2.05, 4.69) is 43.4 Å². The average molecular weight is 469 g/mol. The highest BCUT2D eigenvalue weighted by atomic mass is 16.1. The van der Waals surface area contributed by atoms with Crippen LogP contribution in [-0.4, -0.2) is 46.6 Å². The molecular weight excluding hydrogens is 436 g/mol. The van der Waals surface area contributed by atoms with Crippen LogP contribution in [0.15, 0.2) is 73.1 Å². The highest BCUT2D eigenvalue weighted by Gasteiger charge is 2.24. The van der Waals surface area contributed by atoms with Crippen molar-refractivity contribution >= 4 is 28.6 Å². The number of aromatic nitrogens is 3. The van der Waals surface area contributed by atoms with Gasteiger partial charge in [-0.2, -0.15) is 4.98 Å². The zero-order chi connectivity index (χ0) is 24.2. The van der Waals surface area contributed by atoms with Crippen molar-refractivity contribution in [3.63, 3.8) is 0 Å². The second-order valence-corrected chi connectivity index (χ2v) is 9.47. The lowest BCUT2D eigenvalue weighted by molar-refractivity contribution is 0.0928. The molecule has 1 amide bonds. The number of carbonyl (C=O) groups excluding carboxylic acids is 1. The van der Waals surface area contributed by atoms with Crippen LogP contribution < -0.4 is 15.5 Å². The number of nitrogens with one attached hydrogen (secondary N) is 2. The predicted octanol–water partition coefficient (Wildman–Crippen LogP) is 4.70.